The number of amides is 1. The fourth-order valence-corrected chi connectivity index (χ4v) is 7.45. The summed E-state index contributed by atoms with van der Waals surface area (Å²) in [6.07, 6.45) is 6.92. The number of nitrogens with zero attached hydrogens (tertiary/aromatic N) is 7. The molecule has 2 fully saturated rings. The molecule has 6 rings (SSSR count). The number of hydrogen-bond acceptors (Lipinski definition) is 8. The van der Waals surface area contributed by atoms with Crippen molar-refractivity contribution in [2.75, 3.05) is 62.2 Å². The highest BCUT2D eigenvalue weighted by molar-refractivity contribution is 5.97. The first-order valence-electron chi connectivity index (χ1n) is 16.6. The maximum Gasteiger partial charge on any atom is 0.246 e. The van der Waals surface area contributed by atoms with Gasteiger partial charge in [0.1, 0.15) is 11.6 Å². The number of carbonyl (C=O) groups is 1. The van der Waals surface area contributed by atoms with Crippen molar-refractivity contribution in [3.8, 4) is 18.0 Å². The Hall–Kier alpha value is -4.60. The van der Waals surface area contributed by atoms with E-state index >= 15 is 0 Å². The molecule has 1 atom stereocenters. The third-order valence-electron chi connectivity index (χ3n) is 9.73. The summed E-state index contributed by atoms with van der Waals surface area (Å²) in [5.74, 6) is 0.211. The molecular weight excluding hydrogens is 574 g/mol. The first-order chi connectivity index (χ1) is 22.5. The van der Waals surface area contributed by atoms with Crippen LogP contribution in [0.5, 0.6) is 5.88 Å². The largest absolute Gasteiger partial charge is 0.477 e. The summed E-state index contributed by atoms with van der Waals surface area (Å²) in [5.41, 5.74) is 5.69. The molecule has 0 saturated carbocycles. The second-order valence-electron chi connectivity index (χ2n) is 12.6. The van der Waals surface area contributed by atoms with Crippen molar-refractivity contribution in [3.05, 3.63) is 71.4 Å². The molecule has 238 valence electrons. The van der Waals surface area contributed by atoms with Crippen molar-refractivity contribution in [1.29, 1.82) is 10.5 Å². The molecule has 9 heteroatoms. The molecular formula is C37H43N7O2. The number of piperazine rings is 1. The SMILES string of the molecule is C=CC(=O)N1CCN(c2c(C#N)c(OCCCN3CCCCC3)nc3c2CCN(c2cccc4cccc(C)c24)C3)CC1CC#N. The average molecular weight is 618 g/mol. The van der Waals surface area contributed by atoms with Crippen LogP contribution in [0.15, 0.2) is 49.1 Å². The van der Waals surface area contributed by atoms with Gasteiger partial charge in [-0.3, -0.25) is 4.79 Å². The Kier molecular flexibility index (Phi) is 9.71. The van der Waals surface area contributed by atoms with Crippen molar-refractivity contribution in [2.24, 2.45) is 0 Å². The monoisotopic (exact) mass is 617 g/mol. The maximum absolute atomic E-state index is 12.6. The van der Waals surface area contributed by atoms with Gasteiger partial charge in [0.25, 0.3) is 0 Å². The van der Waals surface area contributed by atoms with Crippen LogP contribution < -0.4 is 14.5 Å². The minimum atomic E-state index is -0.299. The first-order valence-corrected chi connectivity index (χ1v) is 16.6. The molecule has 0 bridgehead atoms. The van der Waals surface area contributed by atoms with Gasteiger partial charge in [0.15, 0.2) is 0 Å². The van der Waals surface area contributed by atoms with E-state index in [0.717, 1.165) is 56.0 Å². The summed E-state index contributed by atoms with van der Waals surface area (Å²) in [5, 5.41) is 22.6. The van der Waals surface area contributed by atoms with Gasteiger partial charge in [-0.25, -0.2) is 4.98 Å². The molecule has 2 saturated heterocycles. The van der Waals surface area contributed by atoms with Gasteiger partial charge in [-0.1, -0.05) is 43.3 Å². The summed E-state index contributed by atoms with van der Waals surface area (Å²) < 4.78 is 6.36. The number of rotatable bonds is 9. The third-order valence-corrected chi connectivity index (χ3v) is 9.73. The van der Waals surface area contributed by atoms with Crippen LogP contribution in [-0.2, 0) is 17.8 Å². The van der Waals surface area contributed by atoms with E-state index in [2.05, 4.69) is 76.7 Å². The standard InChI is InChI=1S/C37H43N7O2/c1-3-34(45)44-22-21-43(25-29(44)14-16-38)36-30-15-20-42(33-13-8-12-28-11-7-10-27(2)35(28)33)26-32(30)40-37(31(36)24-39)46-23-9-19-41-17-5-4-6-18-41/h3,7-8,10-13,29H,1,4-6,9,14-15,17-23,25-26H2,2H3. The van der Waals surface area contributed by atoms with E-state index in [1.54, 1.807) is 4.90 Å². The fraction of sp³-hybridized carbons (Fsp3) is 0.459. The van der Waals surface area contributed by atoms with Crippen LogP contribution >= 0.6 is 0 Å². The third kappa shape index (κ3) is 6.38. The molecule has 1 aromatic heterocycles. The first kappa shape index (κ1) is 31.4. The Morgan fingerprint density at radius 1 is 1.07 bits per heavy atom. The highest BCUT2D eigenvalue weighted by atomic mass is 16.5. The molecule has 0 spiro atoms. The Morgan fingerprint density at radius 2 is 1.87 bits per heavy atom. The van der Waals surface area contributed by atoms with Gasteiger partial charge < -0.3 is 24.3 Å². The number of carbonyl (C=O) groups excluding carboxylic acids is 1. The number of benzene rings is 2. The van der Waals surface area contributed by atoms with Gasteiger partial charge in [-0.2, -0.15) is 10.5 Å². The molecule has 46 heavy (non-hydrogen) atoms. The number of nitriles is 2. The number of pyridine rings is 1. The van der Waals surface area contributed by atoms with E-state index in [1.165, 1.54) is 47.4 Å². The minimum Gasteiger partial charge on any atom is -0.477 e. The zero-order valence-corrected chi connectivity index (χ0v) is 26.9. The highest BCUT2D eigenvalue weighted by Crippen LogP contribution is 2.40. The van der Waals surface area contributed by atoms with E-state index in [-0.39, 0.29) is 18.4 Å². The number of ether oxygens (including phenoxy) is 1. The predicted molar refractivity (Wildman–Crippen MR) is 181 cm³/mol. The van der Waals surface area contributed by atoms with Gasteiger partial charge in [0.2, 0.25) is 11.8 Å². The Balaban J connectivity index is 1.34. The molecule has 4 heterocycles. The molecule has 1 unspecified atom stereocenters. The van der Waals surface area contributed by atoms with Crippen LogP contribution in [0.1, 0.15) is 54.5 Å². The lowest BCUT2D eigenvalue weighted by Gasteiger charge is -2.43. The Labute approximate surface area is 272 Å². The molecule has 2 aromatic carbocycles. The molecule has 0 radical (unpaired) electrons. The quantitative estimate of drug-likeness (QED) is 0.234. The summed E-state index contributed by atoms with van der Waals surface area (Å²) in [6, 6.07) is 17.3. The second-order valence-corrected chi connectivity index (χ2v) is 12.6. The number of piperidine rings is 1. The number of aromatic nitrogens is 1. The summed E-state index contributed by atoms with van der Waals surface area (Å²) in [4.78, 5) is 26.5. The van der Waals surface area contributed by atoms with E-state index in [4.69, 9.17) is 9.72 Å². The molecule has 3 aromatic rings. The van der Waals surface area contributed by atoms with Gasteiger partial charge in [0, 0.05) is 49.4 Å². The number of hydrogen-bond donors (Lipinski definition) is 0. The van der Waals surface area contributed by atoms with Gasteiger partial charge >= 0.3 is 0 Å². The summed E-state index contributed by atoms with van der Waals surface area (Å²) in [6.45, 7) is 12.4. The van der Waals surface area contributed by atoms with Gasteiger partial charge in [-0.05, 0) is 68.8 Å². The van der Waals surface area contributed by atoms with Crippen molar-refractivity contribution < 1.29 is 9.53 Å². The molecule has 0 N–H and O–H groups in total. The molecule has 9 nitrogen and oxygen atoms in total. The number of likely N-dealkylation sites (tertiary alicyclic amines) is 1. The van der Waals surface area contributed by atoms with Crippen LogP contribution in [0.4, 0.5) is 11.4 Å². The fourth-order valence-electron chi connectivity index (χ4n) is 7.45. The number of aryl methyl sites for hydroxylation is 1. The zero-order valence-electron chi connectivity index (χ0n) is 26.9. The van der Waals surface area contributed by atoms with Crippen molar-refractivity contribution >= 4 is 28.1 Å². The second kappa shape index (κ2) is 14.2. The lowest BCUT2D eigenvalue weighted by atomic mass is 9.95. The van der Waals surface area contributed by atoms with Crippen molar-refractivity contribution in [1.82, 2.24) is 14.8 Å². The molecule has 1 amide bonds. The van der Waals surface area contributed by atoms with E-state index < -0.39 is 0 Å². The summed E-state index contributed by atoms with van der Waals surface area (Å²) in [7, 11) is 0. The highest BCUT2D eigenvalue weighted by Gasteiger charge is 2.35. The minimum absolute atomic E-state index is 0.170. The predicted octanol–water partition coefficient (Wildman–Crippen LogP) is 5.35. The molecule has 0 aliphatic carbocycles. The number of anilines is 2. The van der Waals surface area contributed by atoms with E-state index in [9.17, 15) is 15.3 Å². The van der Waals surface area contributed by atoms with E-state index in [1.807, 2.05) is 0 Å². The Bertz CT molecular complexity index is 1680. The smallest absolute Gasteiger partial charge is 0.246 e. The van der Waals surface area contributed by atoms with E-state index in [0.29, 0.717) is 44.2 Å². The van der Waals surface area contributed by atoms with Crippen LogP contribution in [0.3, 0.4) is 0 Å². The topological polar surface area (TPSA) is 99.7 Å². The summed E-state index contributed by atoms with van der Waals surface area (Å²) >= 11 is 0. The zero-order chi connectivity index (χ0) is 32.0. The van der Waals surface area contributed by atoms with Crippen LogP contribution in [0.25, 0.3) is 10.8 Å². The lowest BCUT2D eigenvalue weighted by Crippen LogP contribution is -2.55. The van der Waals surface area contributed by atoms with Crippen LogP contribution in [-0.4, -0.2) is 79.2 Å². The van der Waals surface area contributed by atoms with Crippen molar-refractivity contribution in [3.63, 3.8) is 0 Å². The Morgan fingerprint density at radius 3 is 2.63 bits per heavy atom. The maximum atomic E-state index is 12.6. The average Bonchev–Trinajstić information content (AvgIpc) is 3.09. The van der Waals surface area contributed by atoms with Gasteiger partial charge in [-0.15, -0.1) is 0 Å². The van der Waals surface area contributed by atoms with Crippen LogP contribution in [0.2, 0.25) is 0 Å². The van der Waals surface area contributed by atoms with Crippen LogP contribution in [0, 0.1) is 29.6 Å². The molecule has 3 aliphatic heterocycles. The number of fused-ring (bicyclic) bond motifs is 2. The lowest BCUT2D eigenvalue weighted by molar-refractivity contribution is -0.128. The normalized spacial score (nSPS) is 18.5. The van der Waals surface area contributed by atoms with Crippen molar-refractivity contribution in [2.45, 2.75) is 58.0 Å². The van der Waals surface area contributed by atoms with Gasteiger partial charge in [0.05, 0.1) is 43.1 Å². The molecule has 3 aliphatic rings.